The largest absolute Gasteiger partial charge is 0.406 e. The molecule has 1 saturated heterocycles. The molecular weight excluding hydrogens is 600 g/mol. The van der Waals surface area contributed by atoms with Crippen LogP contribution in [-0.4, -0.2) is 57.4 Å². The van der Waals surface area contributed by atoms with Gasteiger partial charge in [0.05, 0.1) is 11.1 Å². The zero-order valence-electron chi connectivity index (χ0n) is 22.4. The fourth-order valence-corrected chi connectivity index (χ4v) is 7.46. The summed E-state index contributed by atoms with van der Waals surface area (Å²) < 4.78 is 83.8. The van der Waals surface area contributed by atoms with Gasteiger partial charge in [-0.05, 0) is 44.4 Å². The predicted octanol–water partition coefficient (Wildman–Crippen LogP) is 4.40. The lowest BCUT2D eigenvalue weighted by molar-refractivity contribution is -0.170. The molecule has 2 N–H and O–H groups in total. The Labute approximate surface area is 244 Å². The Balaban J connectivity index is 1.28. The molecule has 4 atom stereocenters. The average molecular weight is 624 g/mol. The second-order valence-electron chi connectivity index (χ2n) is 10.9. The lowest BCUT2D eigenvalue weighted by Gasteiger charge is -2.43. The molecule has 1 spiro atoms. The summed E-state index contributed by atoms with van der Waals surface area (Å²) in [5, 5.41) is 5.09. The summed E-state index contributed by atoms with van der Waals surface area (Å²) in [6.07, 6.45) is -2.75. The van der Waals surface area contributed by atoms with Crippen molar-refractivity contribution < 1.29 is 40.7 Å². The number of carbonyl (C=O) groups excluding carboxylic acids is 3. The van der Waals surface area contributed by atoms with Crippen LogP contribution in [0.1, 0.15) is 57.2 Å². The van der Waals surface area contributed by atoms with Crippen LogP contribution in [-0.2, 0) is 27.8 Å². The van der Waals surface area contributed by atoms with Gasteiger partial charge in [-0.15, -0.1) is 11.3 Å². The van der Waals surface area contributed by atoms with E-state index in [1.807, 2.05) is 6.07 Å². The first-order valence-corrected chi connectivity index (χ1v) is 14.2. The van der Waals surface area contributed by atoms with Gasteiger partial charge in [-0.25, -0.2) is 23.1 Å². The number of halogens is 6. The number of benzene rings is 1. The van der Waals surface area contributed by atoms with Crippen LogP contribution in [0.5, 0.6) is 0 Å². The van der Waals surface area contributed by atoms with Crippen LogP contribution in [0, 0.1) is 17.5 Å². The van der Waals surface area contributed by atoms with Crippen molar-refractivity contribution in [2.45, 2.75) is 62.2 Å². The quantitative estimate of drug-likeness (QED) is 0.331. The van der Waals surface area contributed by atoms with Crippen molar-refractivity contribution in [3.63, 3.8) is 0 Å². The molecule has 3 aliphatic rings. The number of thiazole rings is 1. The van der Waals surface area contributed by atoms with Gasteiger partial charge in [0, 0.05) is 40.6 Å². The maximum Gasteiger partial charge on any atom is 0.406 e. The number of pyridine rings is 1. The number of amides is 3. The summed E-state index contributed by atoms with van der Waals surface area (Å²) in [6.45, 7) is -0.547. The van der Waals surface area contributed by atoms with Gasteiger partial charge < -0.3 is 15.5 Å². The van der Waals surface area contributed by atoms with Crippen molar-refractivity contribution in [2.24, 2.45) is 0 Å². The molecule has 4 heterocycles. The van der Waals surface area contributed by atoms with Gasteiger partial charge in [0.25, 0.3) is 5.91 Å². The fourth-order valence-electron chi connectivity index (χ4n) is 6.34. The van der Waals surface area contributed by atoms with Crippen molar-refractivity contribution in [1.29, 1.82) is 0 Å². The molecule has 3 amide bonds. The van der Waals surface area contributed by atoms with E-state index in [4.69, 9.17) is 0 Å². The number of aromatic nitrogens is 2. The zero-order valence-corrected chi connectivity index (χ0v) is 23.2. The van der Waals surface area contributed by atoms with Crippen molar-refractivity contribution in [2.75, 3.05) is 11.9 Å². The molecule has 0 saturated carbocycles. The lowest BCUT2D eigenvalue weighted by atomic mass is 9.71. The van der Waals surface area contributed by atoms with Crippen LogP contribution < -0.4 is 10.6 Å². The Morgan fingerprint density at radius 3 is 2.67 bits per heavy atom. The van der Waals surface area contributed by atoms with Gasteiger partial charge >= 0.3 is 6.18 Å². The minimum Gasteiger partial charge on any atom is -0.338 e. The van der Waals surface area contributed by atoms with E-state index in [1.54, 1.807) is 12.3 Å². The number of hydrogen-bond donors (Lipinski definition) is 2. The molecule has 0 bridgehead atoms. The van der Waals surface area contributed by atoms with Gasteiger partial charge in [0.15, 0.2) is 16.6 Å². The number of nitrogens with one attached hydrogen (secondary N) is 2. The van der Waals surface area contributed by atoms with E-state index in [0.717, 1.165) is 16.9 Å². The fraction of sp³-hybridized carbons (Fsp3) is 0.393. The van der Waals surface area contributed by atoms with Crippen LogP contribution in [0.25, 0.3) is 0 Å². The first-order valence-electron chi connectivity index (χ1n) is 13.4. The van der Waals surface area contributed by atoms with Crippen molar-refractivity contribution in [3.05, 3.63) is 74.6 Å². The maximum atomic E-state index is 14.7. The molecule has 1 aliphatic carbocycles. The van der Waals surface area contributed by atoms with E-state index in [0.29, 0.717) is 46.3 Å². The Kier molecular flexibility index (Phi) is 6.98. The highest BCUT2D eigenvalue weighted by Gasteiger charge is 2.51. The second-order valence-corrected chi connectivity index (χ2v) is 12.0. The van der Waals surface area contributed by atoms with Crippen molar-refractivity contribution in [3.8, 4) is 0 Å². The molecule has 15 heteroatoms. The van der Waals surface area contributed by atoms with Crippen LogP contribution in [0.4, 0.5) is 32.2 Å². The van der Waals surface area contributed by atoms with E-state index in [2.05, 4.69) is 20.6 Å². The topological polar surface area (TPSA) is 104 Å². The Morgan fingerprint density at radius 2 is 1.93 bits per heavy atom. The number of aryl methyl sites for hydroxylation is 1. The number of likely N-dealkylation sites (tertiary alicyclic amines) is 1. The van der Waals surface area contributed by atoms with Crippen LogP contribution in [0.2, 0.25) is 0 Å². The maximum absolute atomic E-state index is 14.7. The molecule has 6 rings (SSSR count). The first-order chi connectivity index (χ1) is 20.3. The van der Waals surface area contributed by atoms with Crippen molar-refractivity contribution >= 4 is 34.9 Å². The smallest absolute Gasteiger partial charge is 0.338 e. The number of rotatable bonds is 4. The molecule has 1 unspecified atom stereocenters. The molecule has 2 aromatic heterocycles. The van der Waals surface area contributed by atoms with Crippen LogP contribution in [0.15, 0.2) is 30.5 Å². The van der Waals surface area contributed by atoms with E-state index in [1.165, 1.54) is 6.92 Å². The number of fused-ring (bicyclic) bond motifs is 3. The highest BCUT2D eigenvalue weighted by Crippen LogP contribution is 2.47. The molecule has 2 aliphatic heterocycles. The third kappa shape index (κ3) is 4.92. The highest BCUT2D eigenvalue weighted by molar-refractivity contribution is 7.13. The number of piperidine rings is 1. The number of alkyl halides is 3. The van der Waals surface area contributed by atoms with E-state index >= 15 is 0 Å². The number of anilines is 1. The molecule has 43 heavy (non-hydrogen) atoms. The second kappa shape index (κ2) is 10.3. The summed E-state index contributed by atoms with van der Waals surface area (Å²) >= 11 is 0.988. The molecule has 3 aromatic rings. The third-order valence-corrected chi connectivity index (χ3v) is 9.56. The van der Waals surface area contributed by atoms with Gasteiger partial charge in [0.1, 0.15) is 24.2 Å². The van der Waals surface area contributed by atoms with Crippen molar-refractivity contribution in [1.82, 2.24) is 20.2 Å². The first kappa shape index (κ1) is 29.1. The summed E-state index contributed by atoms with van der Waals surface area (Å²) in [4.78, 5) is 49.1. The molecular formula is C28H23F6N5O3S. The molecule has 226 valence electrons. The van der Waals surface area contributed by atoms with Gasteiger partial charge in [0.2, 0.25) is 11.8 Å². The van der Waals surface area contributed by atoms with E-state index < -0.39 is 77.4 Å². The SMILES string of the molecule is C[C@@H]1[C@H](c2c(F)ccc(F)c2F)C[C@H](NC(=O)c2nc3c(s2)CC2(CC3)C(=O)Nc3ncccc32)C(=O)N1CC(F)(F)F. The number of hydrogen-bond acceptors (Lipinski definition) is 6. The number of nitrogens with zero attached hydrogens (tertiary/aromatic N) is 3. The molecule has 1 fully saturated rings. The summed E-state index contributed by atoms with van der Waals surface area (Å²) in [7, 11) is 0. The van der Waals surface area contributed by atoms with E-state index in [9.17, 15) is 40.7 Å². The monoisotopic (exact) mass is 623 g/mol. The normalized spacial score (nSPS) is 25.0. The minimum atomic E-state index is -4.86. The minimum absolute atomic E-state index is 0.0830. The van der Waals surface area contributed by atoms with Crippen LogP contribution in [0.3, 0.4) is 0 Å². The van der Waals surface area contributed by atoms with Gasteiger partial charge in [-0.3, -0.25) is 14.4 Å². The molecule has 1 aromatic carbocycles. The standard InChI is InChI=1S/C28H23F6N5O3S/c1-12-13(20-15(29)4-5-16(30)21(20)31)9-18(25(41)39(12)11-28(32,33)34)36-23(40)24-37-17-6-7-27(10-19(17)43-24)14-3-2-8-35-22(14)38-26(27)42/h2-5,8,12-13,18H,6-7,9-11H2,1H3,(H,36,40)(H,35,38,42)/t12-,13-,18+,27?/m1/s1. The summed E-state index contributed by atoms with van der Waals surface area (Å²) in [5.74, 6) is -7.28. The van der Waals surface area contributed by atoms with E-state index in [-0.39, 0.29) is 17.3 Å². The Morgan fingerprint density at radius 1 is 1.19 bits per heavy atom. The summed E-state index contributed by atoms with van der Waals surface area (Å²) in [5.41, 5.74) is -0.378. The third-order valence-electron chi connectivity index (χ3n) is 8.46. The Bertz CT molecular complexity index is 1660. The summed E-state index contributed by atoms with van der Waals surface area (Å²) in [6, 6.07) is 1.77. The van der Waals surface area contributed by atoms with Gasteiger partial charge in [-0.1, -0.05) is 6.07 Å². The van der Waals surface area contributed by atoms with Gasteiger partial charge in [-0.2, -0.15) is 13.2 Å². The molecule has 0 radical (unpaired) electrons. The predicted molar refractivity (Wildman–Crippen MR) is 141 cm³/mol. The number of carbonyl (C=O) groups is 3. The van der Waals surface area contributed by atoms with Crippen LogP contribution >= 0.6 is 11.3 Å². The zero-order chi connectivity index (χ0) is 30.8. The molecule has 8 nitrogen and oxygen atoms in total. The average Bonchev–Trinajstić information content (AvgIpc) is 3.49. The lowest BCUT2D eigenvalue weighted by Crippen LogP contribution is -2.60. The highest BCUT2D eigenvalue weighted by atomic mass is 32.1. The Hall–Kier alpha value is -4.01.